The first-order valence-corrected chi connectivity index (χ1v) is 5.93. The van der Waals surface area contributed by atoms with Crippen molar-refractivity contribution in [3.8, 4) is 5.88 Å². The maximum Gasteiger partial charge on any atom is 0.323 e. The first-order chi connectivity index (χ1) is 8.92. The fraction of sp³-hybridized carbons (Fsp3) is 0.583. The molecule has 0 aliphatic carbocycles. The molecular formula is C12H20N4O3. The van der Waals surface area contributed by atoms with Crippen LogP contribution in [0.3, 0.4) is 0 Å². The van der Waals surface area contributed by atoms with E-state index in [0.717, 1.165) is 6.54 Å². The first kappa shape index (κ1) is 15.2. The first-order valence-electron chi connectivity index (χ1n) is 5.93. The van der Waals surface area contributed by atoms with Gasteiger partial charge >= 0.3 is 5.97 Å². The third-order valence-electron chi connectivity index (χ3n) is 2.48. The maximum atomic E-state index is 10.9. The number of rotatable bonds is 7. The molecule has 0 saturated heterocycles. The van der Waals surface area contributed by atoms with E-state index in [1.165, 1.54) is 7.11 Å². The summed E-state index contributed by atoms with van der Waals surface area (Å²) in [5, 5.41) is 8.98. The highest BCUT2D eigenvalue weighted by molar-refractivity contribution is 5.73. The number of aryl methyl sites for hydroxylation is 1. The van der Waals surface area contributed by atoms with Crippen molar-refractivity contribution in [2.75, 3.05) is 45.7 Å². The van der Waals surface area contributed by atoms with E-state index in [2.05, 4.69) is 9.97 Å². The van der Waals surface area contributed by atoms with Gasteiger partial charge in [-0.05, 0) is 21.0 Å². The molecule has 0 atom stereocenters. The van der Waals surface area contributed by atoms with Gasteiger partial charge in [0, 0.05) is 19.2 Å². The minimum Gasteiger partial charge on any atom is -0.481 e. The quantitative estimate of drug-likeness (QED) is 0.759. The highest BCUT2D eigenvalue weighted by atomic mass is 16.5. The number of carboxylic acid groups (broad SMARTS) is 1. The average molecular weight is 268 g/mol. The van der Waals surface area contributed by atoms with Gasteiger partial charge in [-0.1, -0.05) is 0 Å². The summed E-state index contributed by atoms with van der Waals surface area (Å²) in [4.78, 5) is 23.0. The number of nitrogens with zero attached hydrogens (tertiary/aromatic N) is 4. The van der Waals surface area contributed by atoms with Crippen LogP contribution in [0.5, 0.6) is 5.88 Å². The Morgan fingerprint density at radius 2 is 2.05 bits per heavy atom. The Bertz CT molecular complexity index is 437. The number of hydrogen-bond donors (Lipinski definition) is 1. The summed E-state index contributed by atoms with van der Waals surface area (Å²) in [5.74, 6) is 0.653. The molecule has 0 spiro atoms. The number of carbonyl (C=O) groups is 1. The molecule has 19 heavy (non-hydrogen) atoms. The lowest BCUT2D eigenvalue weighted by molar-refractivity contribution is -0.135. The van der Waals surface area contributed by atoms with Crippen LogP contribution in [0.1, 0.15) is 5.82 Å². The smallest absolute Gasteiger partial charge is 0.323 e. The molecule has 0 radical (unpaired) electrons. The number of methoxy groups -OCH3 is 1. The molecule has 0 aliphatic heterocycles. The Morgan fingerprint density at radius 1 is 1.37 bits per heavy atom. The molecule has 1 rings (SSSR count). The lowest BCUT2D eigenvalue weighted by Gasteiger charge is -2.24. The van der Waals surface area contributed by atoms with Crippen molar-refractivity contribution in [3.05, 3.63) is 11.9 Å². The average Bonchev–Trinajstić information content (AvgIpc) is 2.32. The Hall–Kier alpha value is -1.89. The number of hydrogen-bond acceptors (Lipinski definition) is 6. The number of ether oxygens (including phenoxy) is 1. The Balaban J connectivity index is 2.94. The minimum absolute atomic E-state index is 0.104. The second-order valence-corrected chi connectivity index (χ2v) is 4.43. The molecule has 0 aromatic carbocycles. The van der Waals surface area contributed by atoms with Crippen LogP contribution in [-0.2, 0) is 4.79 Å². The molecule has 7 nitrogen and oxygen atoms in total. The van der Waals surface area contributed by atoms with Crippen LogP contribution in [-0.4, -0.2) is 66.8 Å². The Kier molecular flexibility index (Phi) is 5.50. The van der Waals surface area contributed by atoms with Gasteiger partial charge in [0.1, 0.15) is 18.2 Å². The second-order valence-electron chi connectivity index (χ2n) is 4.43. The zero-order chi connectivity index (χ0) is 14.4. The van der Waals surface area contributed by atoms with Gasteiger partial charge in [-0.3, -0.25) is 4.79 Å². The number of anilines is 1. The van der Waals surface area contributed by atoms with Gasteiger partial charge in [-0.15, -0.1) is 0 Å². The maximum absolute atomic E-state index is 10.9. The zero-order valence-electron chi connectivity index (χ0n) is 11.8. The van der Waals surface area contributed by atoms with E-state index in [4.69, 9.17) is 9.84 Å². The van der Waals surface area contributed by atoms with E-state index in [9.17, 15) is 4.79 Å². The molecule has 0 unspecified atom stereocenters. The summed E-state index contributed by atoms with van der Waals surface area (Å²) >= 11 is 0. The largest absolute Gasteiger partial charge is 0.481 e. The lowest BCUT2D eigenvalue weighted by atomic mass is 10.4. The van der Waals surface area contributed by atoms with Crippen LogP contribution in [0.2, 0.25) is 0 Å². The van der Waals surface area contributed by atoms with Crippen molar-refractivity contribution in [3.63, 3.8) is 0 Å². The molecule has 7 heteroatoms. The van der Waals surface area contributed by atoms with Gasteiger partial charge in [0.2, 0.25) is 5.88 Å². The zero-order valence-corrected chi connectivity index (χ0v) is 11.8. The normalized spacial score (nSPS) is 10.6. The van der Waals surface area contributed by atoms with Crippen LogP contribution in [0, 0.1) is 6.92 Å². The number of carboxylic acids is 1. The SMILES string of the molecule is COc1cc(N(CCN(C)C)CC(=O)O)nc(C)n1. The Morgan fingerprint density at radius 3 is 2.58 bits per heavy atom. The fourth-order valence-corrected chi connectivity index (χ4v) is 1.55. The summed E-state index contributed by atoms with van der Waals surface area (Å²) in [7, 11) is 5.39. The topological polar surface area (TPSA) is 78.8 Å². The van der Waals surface area contributed by atoms with Gasteiger partial charge in [0.15, 0.2) is 0 Å². The van der Waals surface area contributed by atoms with Gasteiger partial charge in [-0.2, -0.15) is 4.98 Å². The van der Waals surface area contributed by atoms with E-state index < -0.39 is 5.97 Å². The van der Waals surface area contributed by atoms with Crippen molar-refractivity contribution in [1.82, 2.24) is 14.9 Å². The number of aromatic nitrogens is 2. The molecule has 1 aromatic heterocycles. The van der Waals surface area contributed by atoms with Crippen LogP contribution >= 0.6 is 0 Å². The summed E-state index contributed by atoms with van der Waals surface area (Å²) in [5.41, 5.74) is 0. The highest BCUT2D eigenvalue weighted by Crippen LogP contribution is 2.17. The van der Waals surface area contributed by atoms with E-state index >= 15 is 0 Å². The van der Waals surface area contributed by atoms with Crippen molar-refractivity contribution < 1.29 is 14.6 Å². The summed E-state index contributed by atoms with van der Waals surface area (Å²) < 4.78 is 5.08. The molecule has 0 aliphatic rings. The molecular weight excluding hydrogens is 248 g/mol. The molecule has 0 bridgehead atoms. The molecule has 1 aromatic rings. The van der Waals surface area contributed by atoms with Gasteiger partial charge in [0.05, 0.1) is 7.11 Å². The second kappa shape index (κ2) is 6.89. The van der Waals surface area contributed by atoms with E-state index in [0.29, 0.717) is 24.1 Å². The van der Waals surface area contributed by atoms with Crippen LogP contribution in [0.4, 0.5) is 5.82 Å². The summed E-state index contributed by atoms with van der Waals surface area (Å²) in [6.07, 6.45) is 0. The van der Waals surface area contributed by atoms with E-state index in [1.807, 2.05) is 19.0 Å². The molecule has 1 heterocycles. The number of aliphatic carboxylic acids is 1. The summed E-state index contributed by atoms with van der Waals surface area (Å²) in [6.45, 7) is 2.95. The predicted molar refractivity (Wildman–Crippen MR) is 71.7 cm³/mol. The van der Waals surface area contributed by atoms with Crippen LogP contribution in [0.15, 0.2) is 6.07 Å². The third-order valence-corrected chi connectivity index (χ3v) is 2.48. The third kappa shape index (κ3) is 5.09. The van der Waals surface area contributed by atoms with Gasteiger partial charge in [0.25, 0.3) is 0 Å². The van der Waals surface area contributed by atoms with Crippen LogP contribution in [0.25, 0.3) is 0 Å². The van der Waals surface area contributed by atoms with Crippen molar-refractivity contribution in [2.45, 2.75) is 6.92 Å². The van der Waals surface area contributed by atoms with E-state index in [1.54, 1.807) is 17.9 Å². The molecule has 0 fully saturated rings. The molecule has 0 saturated carbocycles. The Labute approximate surface area is 112 Å². The molecule has 0 amide bonds. The van der Waals surface area contributed by atoms with Crippen molar-refractivity contribution in [1.29, 1.82) is 0 Å². The minimum atomic E-state index is -0.894. The van der Waals surface area contributed by atoms with Crippen molar-refractivity contribution >= 4 is 11.8 Å². The standard InChI is InChI=1S/C12H20N4O3/c1-9-13-10(7-11(14-9)19-4)16(8-12(17)18)6-5-15(2)3/h7H,5-6,8H2,1-4H3,(H,17,18). The highest BCUT2D eigenvalue weighted by Gasteiger charge is 2.14. The number of likely N-dealkylation sites (N-methyl/N-ethyl adjacent to an activating group) is 1. The van der Waals surface area contributed by atoms with Gasteiger partial charge in [-0.25, -0.2) is 4.98 Å². The van der Waals surface area contributed by atoms with E-state index in [-0.39, 0.29) is 6.54 Å². The molecule has 106 valence electrons. The monoisotopic (exact) mass is 268 g/mol. The van der Waals surface area contributed by atoms with Gasteiger partial charge < -0.3 is 19.6 Å². The fourth-order valence-electron chi connectivity index (χ4n) is 1.55. The molecule has 1 N–H and O–H groups in total. The lowest BCUT2D eigenvalue weighted by Crippen LogP contribution is -2.36. The van der Waals surface area contributed by atoms with Crippen LogP contribution < -0.4 is 9.64 Å². The van der Waals surface area contributed by atoms with Crippen molar-refractivity contribution in [2.24, 2.45) is 0 Å². The predicted octanol–water partition coefficient (Wildman–Crippen LogP) is 0.246. The summed E-state index contributed by atoms with van der Waals surface area (Å²) in [6, 6.07) is 1.64.